The van der Waals surface area contributed by atoms with E-state index in [0.717, 1.165) is 18.2 Å². The van der Waals surface area contributed by atoms with Gasteiger partial charge in [-0.3, -0.25) is 0 Å². The molecular weight excluding hydrogens is 198 g/mol. The predicted molar refractivity (Wildman–Crippen MR) is 64.6 cm³/mol. The first-order chi connectivity index (χ1) is 7.84. The second-order valence-electron chi connectivity index (χ2n) is 5.11. The lowest BCUT2D eigenvalue weighted by Gasteiger charge is -2.36. The quantitative estimate of drug-likeness (QED) is 0.822. The van der Waals surface area contributed by atoms with E-state index in [9.17, 15) is 0 Å². The van der Waals surface area contributed by atoms with Crippen LogP contribution in [-0.4, -0.2) is 13.7 Å². The Morgan fingerprint density at radius 2 is 2.19 bits per heavy atom. The van der Waals surface area contributed by atoms with Crippen molar-refractivity contribution in [3.05, 3.63) is 29.8 Å². The molecule has 2 bridgehead atoms. The van der Waals surface area contributed by atoms with Crippen LogP contribution in [-0.2, 0) is 5.54 Å². The highest BCUT2D eigenvalue weighted by Crippen LogP contribution is 2.48. The van der Waals surface area contributed by atoms with Gasteiger partial charge in [-0.05, 0) is 44.2 Å². The first-order valence-corrected chi connectivity index (χ1v) is 6.23. The van der Waals surface area contributed by atoms with Gasteiger partial charge in [-0.25, -0.2) is 0 Å². The Hall–Kier alpha value is -1.02. The SMILES string of the molecule is COc1ccccc1C12CCC(CCN1)C2. The van der Waals surface area contributed by atoms with Gasteiger partial charge in [-0.2, -0.15) is 0 Å². The number of hydrogen-bond donors (Lipinski definition) is 1. The summed E-state index contributed by atoms with van der Waals surface area (Å²) in [6.07, 6.45) is 5.26. The Morgan fingerprint density at radius 1 is 1.31 bits per heavy atom. The first kappa shape index (κ1) is 10.2. The lowest BCUT2D eigenvalue weighted by molar-refractivity contribution is 0.265. The summed E-state index contributed by atoms with van der Waals surface area (Å²) in [6.45, 7) is 1.16. The summed E-state index contributed by atoms with van der Waals surface area (Å²) < 4.78 is 5.50. The van der Waals surface area contributed by atoms with Gasteiger partial charge in [-0.15, -0.1) is 0 Å². The molecule has 3 rings (SSSR count). The zero-order valence-corrected chi connectivity index (χ0v) is 9.83. The van der Waals surface area contributed by atoms with E-state index >= 15 is 0 Å². The minimum atomic E-state index is 0.204. The smallest absolute Gasteiger partial charge is 0.123 e. The molecule has 2 aliphatic rings. The van der Waals surface area contributed by atoms with Crippen LogP contribution in [0.25, 0.3) is 0 Å². The molecule has 0 radical (unpaired) electrons. The van der Waals surface area contributed by atoms with Crippen molar-refractivity contribution in [2.75, 3.05) is 13.7 Å². The third-order valence-corrected chi connectivity index (χ3v) is 4.26. The van der Waals surface area contributed by atoms with Crippen LogP contribution in [0.4, 0.5) is 0 Å². The Balaban J connectivity index is 2.02. The molecule has 1 aromatic rings. The maximum Gasteiger partial charge on any atom is 0.123 e. The monoisotopic (exact) mass is 217 g/mol. The average Bonchev–Trinajstić information content (AvgIpc) is 2.66. The average molecular weight is 217 g/mol. The molecule has 1 aliphatic heterocycles. The number of rotatable bonds is 2. The number of hydrogen-bond acceptors (Lipinski definition) is 2. The van der Waals surface area contributed by atoms with Gasteiger partial charge < -0.3 is 10.1 Å². The van der Waals surface area contributed by atoms with Crippen molar-refractivity contribution in [1.82, 2.24) is 5.32 Å². The number of ether oxygens (including phenoxy) is 1. The van der Waals surface area contributed by atoms with E-state index in [2.05, 4.69) is 23.5 Å². The lowest BCUT2D eigenvalue weighted by Crippen LogP contribution is -2.43. The second-order valence-corrected chi connectivity index (χ2v) is 5.11. The normalized spacial score (nSPS) is 32.7. The Labute approximate surface area is 97.0 Å². The number of methoxy groups -OCH3 is 1. The molecule has 2 fully saturated rings. The number of piperidine rings is 1. The van der Waals surface area contributed by atoms with Gasteiger partial charge in [-0.1, -0.05) is 18.2 Å². The molecule has 1 saturated heterocycles. The molecule has 1 saturated carbocycles. The van der Waals surface area contributed by atoms with E-state index in [1.165, 1.54) is 31.2 Å². The molecule has 1 aliphatic carbocycles. The van der Waals surface area contributed by atoms with Gasteiger partial charge in [0, 0.05) is 11.1 Å². The zero-order valence-electron chi connectivity index (χ0n) is 9.83. The highest BCUT2D eigenvalue weighted by Gasteiger charge is 2.44. The molecule has 1 N–H and O–H groups in total. The minimum Gasteiger partial charge on any atom is -0.496 e. The Bertz CT molecular complexity index is 386. The van der Waals surface area contributed by atoms with E-state index < -0.39 is 0 Å². The number of fused-ring (bicyclic) bond motifs is 2. The fourth-order valence-electron chi connectivity index (χ4n) is 3.45. The lowest BCUT2D eigenvalue weighted by atomic mass is 9.83. The molecule has 2 nitrogen and oxygen atoms in total. The van der Waals surface area contributed by atoms with Crippen LogP contribution in [0.2, 0.25) is 0 Å². The Morgan fingerprint density at radius 3 is 3.06 bits per heavy atom. The van der Waals surface area contributed by atoms with Gasteiger partial charge in [0.25, 0.3) is 0 Å². The van der Waals surface area contributed by atoms with Crippen molar-refractivity contribution in [2.24, 2.45) is 5.92 Å². The molecule has 2 atom stereocenters. The third-order valence-electron chi connectivity index (χ3n) is 4.26. The first-order valence-electron chi connectivity index (χ1n) is 6.23. The summed E-state index contributed by atoms with van der Waals surface area (Å²) in [5.74, 6) is 1.96. The topological polar surface area (TPSA) is 21.3 Å². The maximum absolute atomic E-state index is 5.50. The summed E-state index contributed by atoms with van der Waals surface area (Å²) in [5, 5.41) is 3.73. The van der Waals surface area contributed by atoms with Gasteiger partial charge >= 0.3 is 0 Å². The van der Waals surface area contributed by atoms with Crippen LogP contribution in [0, 0.1) is 5.92 Å². The van der Waals surface area contributed by atoms with E-state index in [1.807, 2.05) is 6.07 Å². The van der Waals surface area contributed by atoms with Gasteiger partial charge in [0.05, 0.1) is 7.11 Å². The molecule has 0 amide bonds. The third kappa shape index (κ3) is 1.44. The van der Waals surface area contributed by atoms with Crippen molar-refractivity contribution in [2.45, 2.75) is 31.2 Å². The van der Waals surface area contributed by atoms with Crippen LogP contribution in [0.3, 0.4) is 0 Å². The Kier molecular flexibility index (Phi) is 2.40. The molecule has 16 heavy (non-hydrogen) atoms. The fraction of sp³-hybridized carbons (Fsp3) is 0.571. The summed E-state index contributed by atoms with van der Waals surface area (Å²) in [6, 6.07) is 8.47. The van der Waals surface area contributed by atoms with E-state index in [-0.39, 0.29) is 5.54 Å². The summed E-state index contributed by atoms with van der Waals surface area (Å²) in [5.41, 5.74) is 1.56. The highest BCUT2D eigenvalue weighted by molar-refractivity contribution is 5.40. The minimum absolute atomic E-state index is 0.204. The number of para-hydroxylation sites is 1. The summed E-state index contributed by atoms with van der Waals surface area (Å²) >= 11 is 0. The summed E-state index contributed by atoms with van der Waals surface area (Å²) in [4.78, 5) is 0. The second kappa shape index (κ2) is 3.77. The van der Waals surface area contributed by atoms with Crippen molar-refractivity contribution >= 4 is 0 Å². The predicted octanol–water partition coefficient (Wildman–Crippen LogP) is 2.68. The highest BCUT2D eigenvalue weighted by atomic mass is 16.5. The molecule has 1 heterocycles. The number of nitrogens with one attached hydrogen (secondary N) is 1. The molecule has 1 aromatic carbocycles. The maximum atomic E-state index is 5.50. The van der Waals surface area contributed by atoms with E-state index in [4.69, 9.17) is 4.74 Å². The zero-order chi connectivity index (χ0) is 11.0. The van der Waals surface area contributed by atoms with E-state index in [0.29, 0.717) is 0 Å². The molecule has 2 unspecified atom stereocenters. The molecule has 0 aromatic heterocycles. The largest absolute Gasteiger partial charge is 0.496 e. The van der Waals surface area contributed by atoms with Crippen molar-refractivity contribution in [3.63, 3.8) is 0 Å². The molecular formula is C14H19NO. The van der Waals surface area contributed by atoms with Crippen LogP contribution >= 0.6 is 0 Å². The summed E-state index contributed by atoms with van der Waals surface area (Å²) in [7, 11) is 1.77. The van der Waals surface area contributed by atoms with Crippen molar-refractivity contribution in [1.29, 1.82) is 0 Å². The standard InChI is InChI=1S/C14H19NO/c1-16-13-5-3-2-4-12(13)14-8-6-11(10-14)7-9-15-14/h2-5,11,15H,6-10H2,1H3. The van der Waals surface area contributed by atoms with Gasteiger partial charge in [0.1, 0.15) is 5.75 Å². The molecule has 0 spiro atoms. The van der Waals surface area contributed by atoms with Crippen LogP contribution < -0.4 is 10.1 Å². The van der Waals surface area contributed by atoms with Crippen LogP contribution in [0.5, 0.6) is 5.75 Å². The van der Waals surface area contributed by atoms with Gasteiger partial charge in [0.15, 0.2) is 0 Å². The molecule has 2 heteroatoms. The van der Waals surface area contributed by atoms with Crippen molar-refractivity contribution < 1.29 is 4.74 Å². The van der Waals surface area contributed by atoms with Gasteiger partial charge in [0.2, 0.25) is 0 Å². The van der Waals surface area contributed by atoms with Crippen LogP contribution in [0.15, 0.2) is 24.3 Å². The van der Waals surface area contributed by atoms with Crippen molar-refractivity contribution in [3.8, 4) is 5.75 Å². The number of benzene rings is 1. The van der Waals surface area contributed by atoms with E-state index in [1.54, 1.807) is 7.11 Å². The fourth-order valence-corrected chi connectivity index (χ4v) is 3.45. The molecule has 86 valence electrons. The van der Waals surface area contributed by atoms with Crippen LogP contribution in [0.1, 0.15) is 31.2 Å².